The maximum Gasteiger partial charge on any atom is 0.512 e. The van der Waals surface area contributed by atoms with Crippen molar-refractivity contribution in [2.45, 2.75) is 11.4 Å². The van der Waals surface area contributed by atoms with Gasteiger partial charge in [0, 0.05) is 22.1 Å². The molecule has 4 heterocycles. The Morgan fingerprint density at radius 3 is 2.85 bits per heavy atom. The second kappa shape index (κ2) is 9.60. The number of thioether (sulfide) groups is 1. The summed E-state index contributed by atoms with van der Waals surface area (Å²) in [7, 11) is 1.28. The van der Waals surface area contributed by atoms with Crippen LogP contribution in [-0.4, -0.2) is 67.9 Å². The molecule has 0 radical (unpaired) electrons. The number of carbonyl (C=O) groups excluding carboxylic acids is 2. The first-order valence-electron chi connectivity index (χ1n) is 9.17. The molecule has 12 nitrogen and oxygen atoms in total. The average molecular weight is 509 g/mol. The van der Waals surface area contributed by atoms with E-state index >= 15 is 0 Å². The molecule has 1 unspecified atom stereocenters. The Labute approximate surface area is 198 Å². The number of carboxylic acid groups (broad SMARTS) is 1. The first kappa shape index (κ1) is 22.8. The van der Waals surface area contributed by atoms with Crippen LogP contribution in [0.25, 0.3) is 6.08 Å². The van der Waals surface area contributed by atoms with Gasteiger partial charge in [0.05, 0.1) is 11.2 Å². The van der Waals surface area contributed by atoms with Crippen LogP contribution in [0.2, 0.25) is 0 Å². The number of hydrogen-bond donors (Lipinski definition) is 3. The maximum absolute atomic E-state index is 12.9. The second-order valence-corrected chi connectivity index (χ2v) is 9.21. The molecule has 4 N–H and O–H groups in total. The molecule has 2 atom stereocenters. The molecule has 0 bridgehead atoms. The molecule has 0 aromatic carbocycles. The van der Waals surface area contributed by atoms with Crippen LogP contribution in [0.1, 0.15) is 11.4 Å². The SMILES string of the molecule is CON=C(C(=O)NC1C(=O)N2C(OC(=O)O)=C(C=Cc3cscn3)CS[C@@H]12)c1csc(N)n1. The summed E-state index contributed by atoms with van der Waals surface area (Å²) in [5.74, 6) is -0.942. The van der Waals surface area contributed by atoms with Crippen molar-refractivity contribution in [1.82, 2.24) is 20.2 Å². The molecule has 2 aliphatic heterocycles. The van der Waals surface area contributed by atoms with E-state index in [0.29, 0.717) is 17.0 Å². The molecule has 2 amide bonds. The van der Waals surface area contributed by atoms with Crippen LogP contribution >= 0.6 is 34.4 Å². The van der Waals surface area contributed by atoms with E-state index in [1.54, 1.807) is 23.0 Å². The normalized spacial score (nSPS) is 20.5. The number of nitrogen functional groups attached to an aromatic ring is 1. The molecule has 2 aromatic heterocycles. The molecule has 172 valence electrons. The van der Waals surface area contributed by atoms with Gasteiger partial charge < -0.3 is 25.7 Å². The van der Waals surface area contributed by atoms with Crippen molar-refractivity contribution in [1.29, 1.82) is 0 Å². The summed E-state index contributed by atoms with van der Waals surface area (Å²) >= 11 is 3.90. The summed E-state index contributed by atoms with van der Waals surface area (Å²) in [6.45, 7) is 0. The van der Waals surface area contributed by atoms with Crippen molar-refractivity contribution in [3.05, 3.63) is 45.2 Å². The summed E-state index contributed by atoms with van der Waals surface area (Å²) in [5, 5.41) is 18.5. The standard InChI is InChI=1S/C18H16N6O6S3/c1-29-23-11(10-6-33-17(19)21-10)13(25)22-12-14(26)24-15(30-18(27)28)8(4-32-16(12)24)2-3-9-5-31-7-20-9/h2-3,5-7,12,16H,4H2,1H3,(H2,19,21)(H,22,25)(H,27,28)/t12?,16-/m0/s1. The van der Waals surface area contributed by atoms with E-state index in [-0.39, 0.29) is 22.4 Å². The number of carbonyl (C=O) groups is 3. The van der Waals surface area contributed by atoms with E-state index in [4.69, 9.17) is 20.4 Å². The van der Waals surface area contributed by atoms with E-state index in [1.807, 2.05) is 5.38 Å². The maximum atomic E-state index is 12.9. The molecule has 1 saturated heterocycles. The zero-order valence-electron chi connectivity index (χ0n) is 16.8. The number of nitrogens with zero attached hydrogens (tertiary/aromatic N) is 4. The fraction of sp³-hybridized carbons (Fsp3) is 0.222. The summed E-state index contributed by atoms with van der Waals surface area (Å²) in [6, 6.07) is -0.919. The van der Waals surface area contributed by atoms with Gasteiger partial charge in [0.15, 0.2) is 10.8 Å². The zero-order chi connectivity index (χ0) is 23.5. The van der Waals surface area contributed by atoms with Gasteiger partial charge in [0.1, 0.15) is 24.2 Å². The lowest BCUT2D eigenvalue weighted by Gasteiger charge is -2.48. The van der Waals surface area contributed by atoms with Crippen LogP contribution in [-0.2, 0) is 19.2 Å². The molecule has 2 aliphatic rings. The Hall–Kier alpha value is -3.43. The van der Waals surface area contributed by atoms with Crippen molar-refractivity contribution < 1.29 is 29.1 Å². The number of fused-ring (bicyclic) bond motifs is 1. The molecular formula is C18H16N6O6S3. The summed E-state index contributed by atoms with van der Waals surface area (Å²) in [6.07, 6.45) is 1.81. The van der Waals surface area contributed by atoms with Crippen LogP contribution in [0.5, 0.6) is 0 Å². The van der Waals surface area contributed by atoms with Crippen LogP contribution in [0.4, 0.5) is 9.93 Å². The number of nitrogens with one attached hydrogen (secondary N) is 1. The quantitative estimate of drug-likeness (QED) is 0.216. The van der Waals surface area contributed by atoms with E-state index < -0.39 is 29.4 Å². The smallest absolute Gasteiger partial charge is 0.449 e. The third-order valence-corrected chi connectivity index (χ3v) is 7.07. The third-order valence-electron chi connectivity index (χ3n) is 4.49. The number of β-lactam (4-membered cyclic amide) rings is 1. The highest BCUT2D eigenvalue weighted by Crippen LogP contribution is 2.41. The van der Waals surface area contributed by atoms with Gasteiger partial charge in [-0.05, 0) is 6.08 Å². The fourth-order valence-electron chi connectivity index (χ4n) is 3.08. The van der Waals surface area contributed by atoms with Gasteiger partial charge in [-0.3, -0.25) is 14.5 Å². The number of allylic oxidation sites excluding steroid dienone is 1. The lowest BCUT2D eigenvalue weighted by molar-refractivity contribution is -0.148. The van der Waals surface area contributed by atoms with Gasteiger partial charge in [-0.1, -0.05) is 11.2 Å². The van der Waals surface area contributed by atoms with Gasteiger partial charge in [0.2, 0.25) is 5.88 Å². The number of rotatable bonds is 7. The van der Waals surface area contributed by atoms with Crippen LogP contribution in [0, 0.1) is 0 Å². The van der Waals surface area contributed by atoms with Gasteiger partial charge in [-0.25, -0.2) is 14.8 Å². The van der Waals surface area contributed by atoms with Crippen LogP contribution < -0.4 is 11.1 Å². The summed E-state index contributed by atoms with van der Waals surface area (Å²) in [5.41, 5.74) is 8.57. The molecule has 2 aromatic rings. The minimum atomic E-state index is -1.55. The Balaban J connectivity index is 1.53. The molecule has 33 heavy (non-hydrogen) atoms. The van der Waals surface area contributed by atoms with Crippen molar-refractivity contribution >= 4 is 69.3 Å². The minimum absolute atomic E-state index is 0.0914. The summed E-state index contributed by atoms with van der Waals surface area (Å²) in [4.78, 5) is 51.0. The minimum Gasteiger partial charge on any atom is -0.449 e. The summed E-state index contributed by atoms with van der Waals surface area (Å²) < 4.78 is 4.93. The number of hydrogen-bond acceptors (Lipinski definition) is 12. The number of aromatic nitrogens is 2. The number of nitrogens with two attached hydrogens (primary N) is 1. The van der Waals surface area contributed by atoms with Crippen molar-refractivity contribution in [3.8, 4) is 0 Å². The molecule has 1 fully saturated rings. The molecule has 0 aliphatic carbocycles. The molecule has 4 rings (SSSR count). The van der Waals surface area contributed by atoms with Crippen molar-refractivity contribution in [2.75, 3.05) is 18.6 Å². The van der Waals surface area contributed by atoms with Gasteiger partial charge in [-0.15, -0.1) is 34.4 Å². The molecule has 15 heteroatoms. The molecule has 0 spiro atoms. The van der Waals surface area contributed by atoms with Gasteiger partial charge >= 0.3 is 6.16 Å². The van der Waals surface area contributed by atoms with Crippen molar-refractivity contribution in [3.63, 3.8) is 0 Å². The Bertz CT molecular complexity index is 1170. The van der Waals surface area contributed by atoms with E-state index in [1.165, 1.54) is 35.1 Å². The number of thiazole rings is 2. The van der Waals surface area contributed by atoms with Crippen LogP contribution in [0.3, 0.4) is 0 Å². The van der Waals surface area contributed by atoms with Crippen LogP contribution in [0.15, 0.2) is 39.0 Å². The first-order chi connectivity index (χ1) is 15.9. The second-order valence-electron chi connectivity index (χ2n) is 6.50. The highest BCUT2D eigenvalue weighted by atomic mass is 32.2. The largest absolute Gasteiger partial charge is 0.512 e. The van der Waals surface area contributed by atoms with Gasteiger partial charge in [0.25, 0.3) is 11.8 Å². The highest BCUT2D eigenvalue weighted by molar-refractivity contribution is 8.00. The van der Waals surface area contributed by atoms with E-state index in [0.717, 1.165) is 11.3 Å². The molecule has 0 saturated carbocycles. The topological polar surface area (TPSA) is 169 Å². The Morgan fingerprint density at radius 2 is 2.21 bits per heavy atom. The predicted molar refractivity (Wildman–Crippen MR) is 122 cm³/mol. The Morgan fingerprint density at radius 1 is 1.39 bits per heavy atom. The number of oxime groups is 1. The molecular weight excluding hydrogens is 492 g/mol. The lowest BCUT2D eigenvalue weighted by Crippen LogP contribution is -2.70. The van der Waals surface area contributed by atoms with E-state index in [2.05, 4.69) is 20.4 Å². The predicted octanol–water partition coefficient (Wildman–Crippen LogP) is 1.55. The third kappa shape index (κ3) is 4.69. The van der Waals surface area contributed by atoms with E-state index in [9.17, 15) is 14.4 Å². The Kier molecular flexibility index (Phi) is 6.62. The fourth-order valence-corrected chi connectivity index (χ4v) is 5.45. The number of anilines is 1. The highest BCUT2D eigenvalue weighted by Gasteiger charge is 2.54. The average Bonchev–Trinajstić information content (AvgIpc) is 3.45. The zero-order valence-corrected chi connectivity index (χ0v) is 19.3. The first-order valence-corrected chi connectivity index (χ1v) is 12.0. The number of amides is 2. The van der Waals surface area contributed by atoms with Crippen molar-refractivity contribution in [2.24, 2.45) is 5.16 Å². The number of ether oxygens (including phenoxy) is 1. The lowest BCUT2D eigenvalue weighted by atomic mass is 10.1. The van der Waals surface area contributed by atoms with Gasteiger partial charge in [-0.2, -0.15) is 0 Å². The monoisotopic (exact) mass is 508 g/mol.